The van der Waals surface area contributed by atoms with Gasteiger partial charge in [-0.05, 0) is 31.9 Å². The van der Waals surface area contributed by atoms with Gasteiger partial charge < -0.3 is 10.2 Å². The summed E-state index contributed by atoms with van der Waals surface area (Å²) in [5, 5.41) is 3.25. The monoisotopic (exact) mass is 260 g/mol. The molecule has 0 aliphatic carbocycles. The number of carbonyl (C=O) groups excluding carboxylic acids is 1. The first-order valence-electron chi connectivity index (χ1n) is 7.00. The molecule has 0 radical (unpaired) electrons. The van der Waals surface area contributed by atoms with Crippen molar-refractivity contribution in [1.82, 2.24) is 10.2 Å². The lowest BCUT2D eigenvalue weighted by Gasteiger charge is -2.49. The van der Waals surface area contributed by atoms with Gasteiger partial charge in [-0.1, -0.05) is 37.3 Å². The van der Waals surface area contributed by atoms with E-state index in [1.54, 1.807) is 6.92 Å². The Labute approximate surface area is 116 Å². The summed E-state index contributed by atoms with van der Waals surface area (Å²) in [4.78, 5) is 14.1. The van der Waals surface area contributed by atoms with Crippen molar-refractivity contribution in [2.24, 2.45) is 5.92 Å². The number of nitrogens with zero attached hydrogens (tertiary/aromatic N) is 1. The summed E-state index contributed by atoms with van der Waals surface area (Å²) in [7, 11) is 2.16. The summed E-state index contributed by atoms with van der Waals surface area (Å²) < 4.78 is 0. The van der Waals surface area contributed by atoms with Gasteiger partial charge in [-0.2, -0.15) is 0 Å². The van der Waals surface area contributed by atoms with E-state index in [4.69, 9.17) is 0 Å². The molecule has 1 amide bonds. The van der Waals surface area contributed by atoms with E-state index in [0.717, 1.165) is 13.0 Å². The lowest BCUT2D eigenvalue weighted by molar-refractivity contribution is -0.123. The standard InChI is InChI=1S/C16H24N2O/c1-12-11-18(4)13(2)10-16(12,17-14(3)19)15-8-6-5-7-9-15/h5-9,12-13H,10-11H2,1-4H3,(H,17,19)/t12-,13+,16+/m1/s1. The zero-order chi connectivity index (χ0) is 14.0. The Morgan fingerprint density at radius 2 is 1.95 bits per heavy atom. The minimum absolute atomic E-state index is 0.0486. The Balaban J connectivity index is 2.43. The number of hydrogen-bond acceptors (Lipinski definition) is 2. The maximum Gasteiger partial charge on any atom is 0.217 e. The molecule has 3 heteroatoms. The zero-order valence-electron chi connectivity index (χ0n) is 12.3. The third-order valence-corrected chi connectivity index (χ3v) is 4.46. The van der Waals surface area contributed by atoms with Crippen molar-refractivity contribution in [2.75, 3.05) is 13.6 Å². The second-order valence-electron chi connectivity index (χ2n) is 5.91. The molecule has 0 spiro atoms. The summed E-state index contributed by atoms with van der Waals surface area (Å²) in [5.74, 6) is 0.437. The second-order valence-corrected chi connectivity index (χ2v) is 5.91. The number of likely N-dealkylation sites (tertiary alicyclic amines) is 1. The van der Waals surface area contributed by atoms with E-state index < -0.39 is 0 Å². The molecule has 1 fully saturated rings. The van der Waals surface area contributed by atoms with Crippen molar-refractivity contribution in [3.63, 3.8) is 0 Å². The van der Waals surface area contributed by atoms with Crippen LogP contribution in [0.2, 0.25) is 0 Å². The highest BCUT2D eigenvalue weighted by atomic mass is 16.1. The van der Waals surface area contributed by atoms with Crippen LogP contribution in [0.15, 0.2) is 30.3 Å². The molecule has 19 heavy (non-hydrogen) atoms. The van der Waals surface area contributed by atoms with Gasteiger partial charge in [-0.3, -0.25) is 4.79 Å². The number of amides is 1. The van der Waals surface area contributed by atoms with Gasteiger partial charge >= 0.3 is 0 Å². The summed E-state index contributed by atoms with van der Waals surface area (Å²) in [6.45, 7) is 7.06. The van der Waals surface area contributed by atoms with E-state index in [1.807, 2.05) is 6.07 Å². The maximum absolute atomic E-state index is 11.7. The van der Waals surface area contributed by atoms with Gasteiger partial charge in [-0.25, -0.2) is 0 Å². The molecule has 3 nitrogen and oxygen atoms in total. The van der Waals surface area contributed by atoms with Crippen molar-refractivity contribution in [2.45, 2.75) is 38.8 Å². The van der Waals surface area contributed by atoms with E-state index >= 15 is 0 Å². The molecule has 1 N–H and O–H groups in total. The lowest BCUT2D eigenvalue weighted by Crippen LogP contribution is -2.59. The van der Waals surface area contributed by atoms with Crippen LogP contribution in [0.4, 0.5) is 0 Å². The first kappa shape index (κ1) is 14.1. The van der Waals surface area contributed by atoms with Crippen LogP contribution in [-0.2, 0) is 10.3 Å². The first-order valence-corrected chi connectivity index (χ1v) is 7.00. The van der Waals surface area contributed by atoms with Gasteiger partial charge in [0.2, 0.25) is 5.91 Å². The van der Waals surface area contributed by atoms with Gasteiger partial charge in [-0.15, -0.1) is 0 Å². The molecule has 1 aliphatic heterocycles. The number of carbonyl (C=O) groups is 1. The number of benzene rings is 1. The minimum atomic E-state index is -0.237. The molecule has 1 saturated heterocycles. The highest BCUT2D eigenvalue weighted by Crippen LogP contribution is 2.39. The summed E-state index contributed by atoms with van der Waals surface area (Å²) in [6.07, 6.45) is 0.953. The van der Waals surface area contributed by atoms with Crippen molar-refractivity contribution < 1.29 is 4.79 Å². The molecule has 104 valence electrons. The molecular formula is C16H24N2O. The van der Waals surface area contributed by atoms with Crippen LogP contribution >= 0.6 is 0 Å². The predicted molar refractivity (Wildman–Crippen MR) is 77.8 cm³/mol. The number of rotatable bonds is 2. The number of nitrogens with one attached hydrogen (secondary N) is 1. The van der Waals surface area contributed by atoms with Crippen molar-refractivity contribution in [3.05, 3.63) is 35.9 Å². The van der Waals surface area contributed by atoms with Crippen LogP contribution < -0.4 is 5.32 Å². The molecule has 0 aromatic heterocycles. The van der Waals surface area contributed by atoms with Crippen LogP contribution in [0.25, 0.3) is 0 Å². The molecule has 1 aromatic carbocycles. The van der Waals surface area contributed by atoms with E-state index in [-0.39, 0.29) is 11.4 Å². The highest BCUT2D eigenvalue weighted by molar-refractivity contribution is 5.74. The van der Waals surface area contributed by atoms with Gasteiger partial charge in [0.1, 0.15) is 0 Å². The minimum Gasteiger partial charge on any atom is -0.346 e. The molecule has 3 atom stereocenters. The Bertz CT molecular complexity index is 445. The van der Waals surface area contributed by atoms with Crippen LogP contribution in [0, 0.1) is 5.92 Å². The van der Waals surface area contributed by atoms with E-state index in [0.29, 0.717) is 12.0 Å². The van der Waals surface area contributed by atoms with Crippen LogP contribution in [0.3, 0.4) is 0 Å². The average Bonchev–Trinajstić information content (AvgIpc) is 2.36. The fraction of sp³-hybridized carbons (Fsp3) is 0.562. The van der Waals surface area contributed by atoms with Crippen LogP contribution in [-0.4, -0.2) is 30.4 Å². The lowest BCUT2D eigenvalue weighted by atomic mass is 9.71. The molecule has 0 bridgehead atoms. The molecule has 2 rings (SSSR count). The smallest absolute Gasteiger partial charge is 0.217 e. The SMILES string of the molecule is CC(=O)N[C@@]1(c2ccccc2)C[C@H](C)N(C)C[C@H]1C. The van der Waals surface area contributed by atoms with Crippen LogP contribution in [0.5, 0.6) is 0 Å². The van der Waals surface area contributed by atoms with Gasteiger partial charge in [0.15, 0.2) is 0 Å². The zero-order valence-corrected chi connectivity index (χ0v) is 12.3. The van der Waals surface area contributed by atoms with Crippen LogP contribution in [0.1, 0.15) is 32.8 Å². The fourth-order valence-corrected chi connectivity index (χ4v) is 3.29. The Kier molecular flexibility index (Phi) is 3.95. The van der Waals surface area contributed by atoms with E-state index in [9.17, 15) is 4.79 Å². The summed E-state index contributed by atoms with van der Waals surface area (Å²) in [6, 6.07) is 10.8. The highest BCUT2D eigenvalue weighted by Gasteiger charge is 2.44. The number of piperidine rings is 1. The third kappa shape index (κ3) is 2.66. The maximum atomic E-state index is 11.7. The third-order valence-electron chi connectivity index (χ3n) is 4.46. The molecule has 1 aromatic rings. The normalized spacial score (nSPS) is 32.0. The molecule has 1 aliphatic rings. The molecule has 1 heterocycles. The second kappa shape index (κ2) is 5.33. The van der Waals surface area contributed by atoms with E-state index in [1.165, 1.54) is 5.56 Å². The van der Waals surface area contributed by atoms with Gasteiger partial charge in [0.05, 0.1) is 5.54 Å². The molecule has 0 unspecified atom stereocenters. The Hall–Kier alpha value is -1.35. The van der Waals surface area contributed by atoms with Gasteiger partial charge in [0, 0.05) is 19.5 Å². The van der Waals surface area contributed by atoms with Crippen molar-refractivity contribution in [1.29, 1.82) is 0 Å². The molecular weight excluding hydrogens is 236 g/mol. The van der Waals surface area contributed by atoms with Crippen molar-refractivity contribution >= 4 is 5.91 Å². The van der Waals surface area contributed by atoms with E-state index in [2.05, 4.69) is 55.4 Å². The summed E-state index contributed by atoms with van der Waals surface area (Å²) >= 11 is 0. The molecule has 0 saturated carbocycles. The largest absolute Gasteiger partial charge is 0.346 e. The summed E-state index contributed by atoms with van der Waals surface area (Å²) in [5.41, 5.74) is 0.983. The van der Waals surface area contributed by atoms with Crippen molar-refractivity contribution in [3.8, 4) is 0 Å². The number of hydrogen-bond donors (Lipinski definition) is 1. The Morgan fingerprint density at radius 1 is 1.32 bits per heavy atom. The average molecular weight is 260 g/mol. The first-order chi connectivity index (χ1) is 8.95. The van der Waals surface area contributed by atoms with Gasteiger partial charge in [0.25, 0.3) is 0 Å². The Morgan fingerprint density at radius 3 is 2.53 bits per heavy atom. The quantitative estimate of drug-likeness (QED) is 0.885. The topological polar surface area (TPSA) is 32.3 Å². The predicted octanol–water partition coefficient (Wildman–Crippen LogP) is 2.38. The fourth-order valence-electron chi connectivity index (χ4n) is 3.29.